The van der Waals surface area contributed by atoms with Crippen LogP contribution in [0.3, 0.4) is 0 Å². The van der Waals surface area contributed by atoms with Crippen molar-refractivity contribution in [1.82, 2.24) is 0 Å². The van der Waals surface area contributed by atoms with E-state index in [2.05, 4.69) is 6.92 Å². The molecule has 0 spiro atoms. The molecule has 180 valence electrons. The molecule has 0 unspecified atom stereocenters. The Hall–Kier alpha value is -1.18. The summed E-state index contributed by atoms with van der Waals surface area (Å²) < 4.78 is 28.5. The van der Waals surface area contributed by atoms with E-state index in [-0.39, 0.29) is 26.4 Å². The SMILES string of the molecule is CCCCCCCCCc1ccc(OC(OCC)(OCC)C(O)(OCC)OCC)cc1. The summed E-state index contributed by atoms with van der Waals surface area (Å²) in [6, 6.07) is 7.80. The fourth-order valence-electron chi connectivity index (χ4n) is 3.50. The topological polar surface area (TPSA) is 66.4 Å². The molecular formula is C25H44O6. The second-order valence-electron chi connectivity index (χ2n) is 7.49. The summed E-state index contributed by atoms with van der Waals surface area (Å²) in [5.41, 5.74) is 1.25. The van der Waals surface area contributed by atoms with Gasteiger partial charge in [0.15, 0.2) is 0 Å². The summed E-state index contributed by atoms with van der Waals surface area (Å²) >= 11 is 0. The summed E-state index contributed by atoms with van der Waals surface area (Å²) in [7, 11) is 0. The van der Waals surface area contributed by atoms with E-state index in [0.29, 0.717) is 5.75 Å². The van der Waals surface area contributed by atoms with Crippen molar-refractivity contribution in [2.45, 2.75) is 97.9 Å². The fraction of sp³-hybridized carbons (Fsp3) is 0.760. The second-order valence-corrected chi connectivity index (χ2v) is 7.49. The van der Waals surface area contributed by atoms with Crippen molar-refractivity contribution in [3.63, 3.8) is 0 Å². The van der Waals surface area contributed by atoms with Gasteiger partial charge in [-0.25, -0.2) is 0 Å². The lowest BCUT2D eigenvalue weighted by molar-refractivity contribution is -0.535. The molecule has 0 aliphatic carbocycles. The molecule has 0 amide bonds. The molecule has 1 N–H and O–H groups in total. The number of aliphatic hydroxyl groups is 1. The Morgan fingerprint density at radius 3 is 1.61 bits per heavy atom. The monoisotopic (exact) mass is 440 g/mol. The zero-order valence-electron chi connectivity index (χ0n) is 20.3. The van der Waals surface area contributed by atoms with Crippen molar-refractivity contribution in [2.75, 3.05) is 26.4 Å². The predicted molar refractivity (Wildman–Crippen MR) is 123 cm³/mol. The number of unbranched alkanes of at least 4 members (excludes halogenated alkanes) is 6. The van der Waals surface area contributed by atoms with Gasteiger partial charge in [-0.3, -0.25) is 0 Å². The Balaban J connectivity index is 2.81. The number of ether oxygens (including phenoxy) is 5. The van der Waals surface area contributed by atoms with Crippen LogP contribution in [0.4, 0.5) is 0 Å². The zero-order chi connectivity index (χ0) is 23.0. The van der Waals surface area contributed by atoms with E-state index in [4.69, 9.17) is 23.7 Å². The first-order chi connectivity index (χ1) is 15.0. The summed E-state index contributed by atoms with van der Waals surface area (Å²) in [6.07, 6.45) is 10.1. The van der Waals surface area contributed by atoms with Crippen LogP contribution < -0.4 is 4.74 Å². The van der Waals surface area contributed by atoms with Crippen molar-refractivity contribution < 1.29 is 28.8 Å². The van der Waals surface area contributed by atoms with Gasteiger partial charge in [-0.05, 0) is 58.2 Å². The largest absolute Gasteiger partial charge is 0.433 e. The molecular weight excluding hydrogens is 396 g/mol. The highest BCUT2D eigenvalue weighted by Gasteiger charge is 2.60. The van der Waals surface area contributed by atoms with Crippen molar-refractivity contribution >= 4 is 0 Å². The molecule has 0 saturated heterocycles. The molecule has 0 aromatic heterocycles. The smallest absolute Gasteiger partial charge is 0.414 e. The van der Waals surface area contributed by atoms with E-state index in [9.17, 15) is 5.11 Å². The highest BCUT2D eigenvalue weighted by Crippen LogP contribution is 2.34. The minimum absolute atomic E-state index is 0.194. The van der Waals surface area contributed by atoms with Gasteiger partial charge in [0.1, 0.15) is 5.75 Å². The maximum atomic E-state index is 11.1. The van der Waals surface area contributed by atoms with Gasteiger partial charge >= 0.3 is 11.9 Å². The number of rotatable bonds is 19. The van der Waals surface area contributed by atoms with Crippen LogP contribution in [0.25, 0.3) is 0 Å². The van der Waals surface area contributed by atoms with Gasteiger partial charge in [-0.2, -0.15) is 0 Å². The number of hydrogen-bond acceptors (Lipinski definition) is 6. The normalized spacial score (nSPS) is 12.3. The first-order valence-corrected chi connectivity index (χ1v) is 12.1. The van der Waals surface area contributed by atoms with Crippen LogP contribution in [-0.2, 0) is 25.4 Å². The molecule has 0 aliphatic heterocycles. The van der Waals surface area contributed by atoms with Crippen LogP contribution in [-0.4, -0.2) is 43.5 Å². The lowest BCUT2D eigenvalue weighted by atomic mass is 10.0. The van der Waals surface area contributed by atoms with Crippen molar-refractivity contribution in [3.05, 3.63) is 29.8 Å². The van der Waals surface area contributed by atoms with E-state index in [1.165, 1.54) is 50.5 Å². The summed E-state index contributed by atoms with van der Waals surface area (Å²) in [5, 5.41) is 11.1. The maximum Gasteiger partial charge on any atom is 0.414 e. The van der Waals surface area contributed by atoms with E-state index >= 15 is 0 Å². The lowest BCUT2D eigenvalue weighted by Gasteiger charge is -2.42. The molecule has 0 atom stereocenters. The molecule has 6 heteroatoms. The van der Waals surface area contributed by atoms with Gasteiger partial charge in [0.2, 0.25) is 0 Å². The molecule has 6 nitrogen and oxygen atoms in total. The van der Waals surface area contributed by atoms with Gasteiger partial charge in [-0.1, -0.05) is 57.6 Å². The Morgan fingerprint density at radius 2 is 1.13 bits per heavy atom. The van der Waals surface area contributed by atoms with E-state index in [1.54, 1.807) is 27.7 Å². The first-order valence-electron chi connectivity index (χ1n) is 12.1. The molecule has 31 heavy (non-hydrogen) atoms. The molecule has 0 fully saturated rings. The molecule has 1 aromatic rings. The van der Waals surface area contributed by atoms with Crippen LogP contribution in [0.5, 0.6) is 5.75 Å². The lowest BCUT2D eigenvalue weighted by Crippen LogP contribution is -2.64. The van der Waals surface area contributed by atoms with Gasteiger partial charge in [0, 0.05) is 13.2 Å². The third kappa shape index (κ3) is 9.07. The predicted octanol–water partition coefficient (Wildman–Crippen LogP) is 5.80. The van der Waals surface area contributed by atoms with Crippen molar-refractivity contribution in [1.29, 1.82) is 0 Å². The minimum atomic E-state index is -2.21. The first kappa shape index (κ1) is 27.9. The molecule has 0 radical (unpaired) electrons. The second kappa shape index (κ2) is 15.6. The van der Waals surface area contributed by atoms with Gasteiger partial charge < -0.3 is 28.8 Å². The van der Waals surface area contributed by atoms with Crippen LogP contribution in [0.1, 0.15) is 85.1 Å². The number of aryl methyl sites for hydroxylation is 1. The van der Waals surface area contributed by atoms with E-state index in [0.717, 1.165) is 6.42 Å². The van der Waals surface area contributed by atoms with E-state index < -0.39 is 11.9 Å². The summed E-state index contributed by atoms with van der Waals surface area (Å²) in [6.45, 7) is 10.2. The van der Waals surface area contributed by atoms with E-state index in [1.807, 2.05) is 24.3 Å². The fourth-order valence-corrected chi connectivity index (χ4v) is 3.50. The average Bonchev–Trinajstić information content (AvgIpc) is 2.75. The quantitative estimate of drug-likeness (QED) is 0.216. The highest BCUT2D eigenvalue weighted by atomic mass is 17.0. The Morgan fingerprint density at radius 1 is 0.645 bits per heavy atom. The molecule has 0 heterocycles. The Bertz CT molecular complexity index is 548. The molecule has 0 saturated carbocycles. The Labute approximate surface area is 189 Å². The average molecular weight is 441 g/mol. The number of hydrogen-bond donors (Lipinski definition) is 1. The van der Waals surface area contributed by atoms with Crippen molar-refractivity contribution in [3.8, 4) is 5.75 Å². The van der Waals surface area contributed by atoms with Crippen LogP contribution in [0, 0.1) is 0 Å². The van der Waals surface area contributed by atoms with Crippen LogP contribution >= 0.6 is 0 Å². The van der Waals surface area contributed by atoms with Gasteiger partial charge in [0.05, 0.1) is 13.2 Å². The highest BCUT2D eigenvalue weighted by molar-refractivity contribution is 5.27. The van der Waals surface area contributed by atoms with Crippen molar-refractivity contribution in [2.24, 2.45) is 0 Å². The summed E-state index contributed by atoms with van der Waals surface area (Å²) in [5.74, 6) is -3.65. The molecule has 1 rings (SSSR count). The molecule has 0 aliphatic rings. The third-order valence-electron chi connectivity index (χ3n) is 4.98. The Kier molecular flexibility index (Phi) is 14.0. The minimum Gasteiger partial charge on any atom is -0.433 e. The van der Waals surface area contributed by atoms with Crippen LogP contribution in [0.15, 0.2) is 24.3 Å². The third-order valence-corrected chi connectivity index (χ3v) is 4.98. The number of benzene rings is 1. The molecule has 0 bridgehead atoms. The van der Waals surface area contributed by atoms with Crippen LogP contribution in [0.2, 0.25) is 0 Å². The maximum absolute atomic E-state index is 11.1. The zero-order valence-corrected chi connectivity index (χ0v) is 20.3. The van der Waals surface area contributed by atoms with Gasteiger partial charge in [-0.15, -0.1) is 0 Å². The van der Waals surface area contributed by atoms with Gasteiger partial charge in [0.25, 0.3) is 0 Å². The molecule has 1 aromatic carbocycles. The summed E-state index contributed by atoms with van der Waals surface area (Å²) in [4.78, 5) is 0. The standard InChI is InChI=1S/C25H44O6/c1-6-11-12-13-14-15-16-17-22-18-20-23(21-19-22)31-25(29-9-4,30-10-5)24(26,27-7-2)28-8-3/h18-21,26H,6-17H2,1-5H3.